The highest BCUT2D eigenvalue weighted by Crippen LogP contribution is 2.32. The molecule has 6 heteroatoms. The highest BCUT2D eigenvalue weighted by atomic mass is 16.5. The maximum absolute atomic E-state index is 11.1. The average Bonchev–Trinajstić information content (AvgIpc) is 2.99. The predicted molar refractivity (Wildman–Crippen MR) is 101 cm³/mol. The molecule has 0 aliphatic heterocycles. The van der Waals surface area contributed by atoms with Gasteiger partial charge in [0.25, 0.3) is 0 Å². The molecule has 0 radical (unpaired) electrons. The van der Waals surface area contributed by atoms with Gasteiger partial charge < -0.3 is 20.6 Å². The second kappa shape index (κ2) is 8.01. The molecule has 3 aromatic rings. The standard InChI is InChI=1S/C20H23N3O3/c1-26-18-7-4-6-17(22-18)20-14(5-2-3-10-21)15-11-13(12-19(24)25)8-9-16(15)23-20/h4,6-9,11,23H,2-3,5,10,12,21H2,1H3,(H,24,25). The van der Waals surface area contributed by atoms with E-state index in [9.17, 15) is 4.79 Å². The number of fused-ring (bicyclic) bond motifs is 1. The van der Waals surface area contributed by atoms with Crippen molar-refractivity contribution >= 4 is 16.9 Å². The number of methoxy groups -OCH3 is 1. The monoisotopic (exact) mass is 353 g/mol. The van der Waals surface area contributed by atoms with Crippen molar-refractivity contribution in [3.05, 3.63) is 47.5 Å². The summed E-state index contributed by atoms with van der Waals surface area (Å²) in [5.41, 5.74) is 10.3. The van der Waals surface area contributed by atoms with Crippen LogP contribution >= 0.6 is 0 Å². The number of benzene rings is 1. The highest BCUT2D eigenvalue weighted by molar-refractivity contribution is 5.91. The van der Waals surface area contributed by atoms with Crippen molar-refractivity contribution in [3.8, 4) is 17.3 Å². The van der Waals surface area contributed by atoms with Gasteiger partial charge in [0.15, 0.2) is 0 Å². The molecule has 0 aliphatic rings. The summed E-state index contributed by atoms with van der Waals surface area (Å²) >= 11 is 0. The quantitative estimate of drug-likeness (QED) is 0.540. The molecule has 3 rings (SSSR count). The molecule has 0 amide bonds. The van der Waals surface area contributed by atoms with Gasteiger partial charge >= 0.3 is 5.97 Å². The van der Waals surface area contributed by atoms with Gasteiger partial charge in [0.05, 0.1) is 24.9 Å². The fourth-order valence-electron chi connectivity index (χ4n) is 3.17. The predicted octanol–water partition coefficient (Wildman–Crippen LogP) is 3.15. The number of aromatic nitrogens is 2. The van der Waals surface area contributed by atoms with E-state index in [0.717, 1.165) is 52.7 Å². The van der Waals surface area contributed by atoms with Gasteiger partial charge in [0, 0.05) is 17.0 Å². The first-order valence-electron chi connectivity index (χ1n) is 8.69. The van der Waals surface area contributed by atoms with E-state index >= 15 is 0 Å². The lowest BCUT2D eigenvalue weighted by Gasteiger charge is -2.06. The zero-order valence-corrected chi connectivity index (χ0v) is 14.8. The van der Waals surface area contributed by atoms with E-state index in [1.165, 1.54) is 0 Å². The SMILES string of the molecule is COc1cccc(-c2[nH]c3ccc(CC(=O)O)cc3c2CCCCN)n1. The van der Waals surface area contributed by atoms with Gasteiger partial charge in [-0.05, 0) is 55.1 Å². The summed E-state index contributed by atoms with van der Waals surface area (Å²) in [6.07, 6.45) is 2.76. The molecule has 0 unspecified atom stereocenters. The van der Waals surface area contributed by atoms with Gasteiger partial charge in [-0.3, -0.25) is 4.79 Å². The van der Waals surface area contributed by atoms with Gasteiger partial charge in [-0.1, -0.05) is 12.1 Å². The maximum atomic E-state index is 11.1. The van der Waals surface area contributed by atoms with Crippen LogP contribution < -0.4 is 10.5 Å². The van der Waals surface area contributed by atoms with Crippen LogP contribution in [0.15, 0.2) is 36.4 Å². The summed E-state index contributed by atoms with van der Waals surface area (Å²) in [6.45, 7) is 0.652. The van der Waals surface area contributed by atoms with Crippen LogP contribution in [0.2, 0.25) is 0 Å². The number of rotatable bonds is 8. The molecule has 0 fully saturated rings. The molecule has 0 bridgehead atoms. The minimum atomic E-state index is -0.834. The van der Waals surface area contributed by atoms with Crippen LogP contribution in [0.1, 0.15) is 24.0 Å². The van der Waals surface area contributed by atoms with E-state index in [0.29, 0.717) is 12.4 Å². The molecule has 6 nitrogen and oxygen atoms in total. The van der Waals surface area contributed by atoms with E-state index < -0.39 is 5.97 Å². The van der Waals surface area contributed by atoms with Crippen LogP contribution in [0.25, 0.3) is 22.3 Å². The fraction of sp³-hybridized carbons (Fsp3) is 0.300. The molecule has 2 heterocycles. The number of carboxylic acid groups (broad SMARTS) is 1. The lowest BCUT2D eigenvalue weighted by molar-refractivity contribution is -0.136. The van der Waals surface area contributed by atoms with E-state index in [1.807, 2.05) is 36.4 Å². The number of aromatic amines is 1. The first kappa shape index (κ1) is 17.9. The van der Waals surface area contributed by atoms with E-state index in [1.54, 1.807) is 7.11 Å². The molecule has 0 saturated heterocycles. The number of carboxylic acids is 1. The Morgan fingerprint density at radius 3 is 2.85 bits per heavy atom. The molecule has 4 N–H and O–H groups in total. The number of aryl methyl sites for hydroxylation is 1. The number of hydrogen-bond donors (Lipinski definition) is 3. The smallest absolute Gasteiger partial charge is 0.307 e. The van der Waals surface area contributed by atoms with Crippen LogP contribution in [0.5, 0.6) is 5.88 Å². The van der Waals surface area contributed by atoms with Gasteiger partial charge in [-0.15, -0.1) is 0 Å². The average molecular weight is 353 g/mol. The Balaban J connectivity index is 2.10. The Kier molecular flexibility index (Phi) is 5.53. The third kappa shape index (κ3) is 3.86. The molecule has 26 heavy (non-hydrogen) atoms. The topological polar surface area (TPSA) is 101 Å². The number of aliphatic carboxylic acids is 1. The second-order valence-electron chi connectivity index (χ2n) is 6.24. The number of carbonyl (C=O) groups is 1. The zero-order chi connectivity index (χ0) is 18.5. The van der Waals surface area contributed by atoms with Gasteiger partial charge in [-0.2, -0.15) is 0 Å². The second-order valence-corrected chi connectivity index (χ2v) is 6.24. The Bertz CT molecular complexity index is 918. The van der Waals surface area contributed by atoms with Crippen LogP contribution in [0.4, 0.5) is 0 Å². The van der Waals surface area contributed by atoms with Crippen LogP contribution in [0, 0.1) is 0 Å². The van der Waals surface area contributed by atoms with E-state index in [-0.39, 0.29) is 6.42 Å². The summed E-state index contributed by atoms with van der Waals surface area (Å²) < 4.78 is 5.24. The molecular weight excluding hydrogens is 330 g/mol. The fourth-order valence-corrected chi connectivity index (χ4v) is 3.17. The van der Waals surface area contributed by atoms with Crippen molar-refractivity contribution in [2.45, 2.75) is 25.7 Å². The van der Waals surface area contributed by atoms with Crippen molar-refractivity contribution in [2.75, 3.05) is 13.7 Å². The summed E-state index contributed by atoms with van der Waals surface area (Å²) in [4.78, 5) is 19.0. The first-order valence-corrected chi connectivity index (χ1v) is 8.69. The maximum Gasteiger partial charge on any atom is 0.307 e. The lowest BCUT2D eigenvalue weighted by atomic mass is 10.0. The van der Waals surface area contributed by atoms with Crippen molar-refractivity contribution in [2.24, 2.45) is 5.73 Å². The third-order valence-electron chi connectivity index (χ3n) is 4.40. The largest absolute Gasteiger partial charge is 0.481 e. The number of nitrogens with zero attached hydrogens (tertiary/aromatic N) is 1. The van der Waals surface area contributed by atoms with Crippen LogP contribution in [0.3, 0.4) is 0 Å². The van der Waals surface area contributed by atoms with Gasteiger partial charge in [0.1, 0.15) is 0 Å². The highest BCUT2D eigenvalue weighted by Gasteiger charge is 2.15. The van der Waals surface area contributed by atoms with Crippen molar-refractivity contribution in [1.82, 2.24) is 9.97 Å². The molecule has 0 atom stereocenters. The number of unbranched alkanes of at least 4 members (excludes halogenated alkanes) is 1. The molecule has 2 aromatic heterocycles. The Morgan fingerprint density at radius 2 is 2.12 bits per heavy atom. The number of hydrogen-bond acceptors (Lipinski definition) is 4. The zero-order valence-electron chi connectivity index (χ0n) is 14.8. The van der Waals surface area contributed by atoms with E-state index in [2.05, 4.69) is 9.97 Å². The van der Waals surface area contributed by atoms with Crippen molar-refractivity contribution in [3.63, 3.8) is 0 Å². The Morgan fingerprint density at radius 1 is 1.27 bits per heavy atom. The summed E-state index contributed by atoms with van der Waals surface area (Å²) in [5, 5.41) is 10.1. The molecule has 0 aliphatic carbocycles. The molecular formula is C20H23N3O3. The number of nitrogens with two attached hydrogens (primary N) is 1. The minimum Gasteiger partial charge on any atom is -0.481 e. The normalized spacial score (nSPS) is 11.0. The summed E-state index contributed by atoms with van der Waals surface area (Å²) in [7, 11) is 1.59. The van der Waals surface area contributed by atoms with E-state index in [4.69, 9.17) is 15.6 Å². The Hall–Kier alpha value is -2.86. The van der Waals surface area contributed by atoms with Crippen molar-refractivity contribution < 1.29 is 14.6 Å². The Labute approximate surface area is 152 Å². The number of pyridine rings is 1. The number of H-pyrrole nitrogens is 1. The van der Waals surface area contributed by atoms with Gasteiger partial charge in [0.2, 0.25) is 5.88 Å². The minimum absolute atomic E-state index is 0.0100. The lowest BCUT2D eigenvalue weighted by Crippen LogP contribution is -2.00. The number of nitrogens with one attached hydrogen (secondary N) is 1. The van der Waals surface area contributed by atoms with Crippen LogP contribution in [-0.2, 0) is 17.6 Å². The van der Waals surface area contributed by atoms with Crippen molar-refractivity contribution in [1.29, 1.82) is 0 Å². The number of ether oxygens (including phenoxy) is 1. The third-order valence-corrected chi connectivity index (χ3v) is 4.40. The molecule has 0 saturated carbocycles. The molecule has 1 aromatic carbocycles. The first-order chi connectivity index (χ1) is 12.6. The van der Waals surface area contributed by atoms with Gasteiger partial charge in [-0.25, -0.2) is 4.98 Å². The summed E-state index contributed by atoms with van der Waals surface area (Å²) in [5.74, 6) is -0.278. The summed E-state index contributed by atoms with van der Waals surface area (Å²) in [6, 6.07) is 11.4. The molecule has 136 valence electrons. The molecule has 0 spiro atoms. The van der Waals surface area contributed by atoms with Crippen LogP contribution in [-0.4, -0.2) is 34.7 Å².